The maximum atomic E-state index is 9.56. The lowest BCUT2D eigenvalue weighted by atomic mass is 10.2. The number of hydrogen-bond acceptors (Lipinski definition) is 6. The van der Waals surface area contributed by atoms with Gasteiger partial charge in [-0.15, -0.1) is 0 Å². The molecule has 0 spiro atoms. The van der Waals surface area contributed by atoms with Gasteiger partial charge in [-0.1, -0.05) is 36.4 Å². The van der Waals surface area contributed by atoms with Crippen LogP contribution in [-0.2, 0) is 21.6 Å². The Bertz CT molecular complexity index is 917. The summed E-state index contributed by atoms with van der Waals surface area (Å²) in [5.41, 5.74) is 2.04. The van der Waals surface area contributed by atoms with Crippen molar-refractivity contribution in [3.63, 3.8) is 0 Å². The lowest BCUT2D eigenvalue weighted by Crippen LogP contribution is -2.47. The number of benzene rings is 2. The van der Waals surface area contributed by atoms with E-state index in [1.165, 1.54) is 0 Å². The van der Waals surface area contributed by atoms with Crippen LogP contribution < -0.4 is 21.3 Å². The van der Waals surface area contributed by atoms with Crippen molar-refractivity contribution < 1.29 is 8.42 Å². The van der Waals surface area contributed by atoms with Crippen LogP contribution in [0.15, 0.2) is 60.7 Å². The minimum absolute atomic E-state index is 0.611. The third-order valence-corrected chi connectivity index (χ3v) is 5.89. The predicted octanol–water partition coefficient (Wildman–Crippen LogP) is 3.35. The number of anilines is 2. The third kappa shape index (κ3) is 20.9. The van der Waals surface area contributed by atoms with Gasteiger partial charge in [-0.3, -0.25) is 8.42 Å². The molecule has 2 aromatic carbocycles. The Kier molecular flexibility index (Phi) is 20.5. The molecule has 0 radical (unpaired) electrons. The highest BCUT2D eigenvalue weighted by Crippen LogP contribution is 2.06. The number of para-hydroxylation sites is 2. The van der Waals surface area contributed by atoms with Gasteiger partial charge in [-0.2, -0.15) is 0 Å². The Hall–Kier alpha value is -1.96. The first-order valence-electron chi connectivity index (χ1n) is 13.3. The van der Waals surface area contributed by atoms with Gasteiger partial charge in [0.25, 0.3) is 0 Å². The molecule has 0 aromatic heterocycles. The molecule has 0 unspecified atom stereocenters. The van der Waals surface area contributed by atoms with Gasteiger partial charge < -0.3 is 31.1 Å². The highest BCUT2D eigenvalue weighted by Gasteiger charge is 2.15. The standard InChI is InChI=1S/C24H34N6S2.2C2H6OS/c31-23(27-21-9-3-1-4-10-21)25-13-7-15-29-17-19-30(20-18-29)16-8-14-26-24(32)28-22-11-5-2-6-12-22;2*1-4(2)3/h1-6,9-12H,7-8,13-20H2,(H2,25,27,31)(H2,26,28,32);2*1-2H3. The lowest BCUT2D eigenvalue weighted by molar-refractivity contribution is 0.131. The molecule has 0 bridgehead atoms. The molecule has 0 saturated carbocycles. The maximum Gasteiger partial charge on any atom is 0.170 e. The van der Waals surface area contributed by atoms with Gasteiger partial charge in [0.2, 0.25) is 0 Å². The molecule has 1 aliphatic heterocycles. The smallest absolute Gasteiger partial charge is 0.170 e. The average Bonchev–Trinajstić information content (AvgIpc) is 2.90. The van der Waals surface area contributed by atoms with Crippen LogP contribution in [0.4, 0.5) is 11.4 Å². The molecule has 1 aliphatic rings. The number of nitrogens with one attached hydrogen (secondary N) is 4. The van der Waals surface area contributed by atoms with Crippen molar-refractivity contribution in [2.75, 3.05) is 88.0 Å². The first kappa shape index (κ1) is 36.1. The monoisotopic (exact) mass is 626 g/mol. The molecule has 224 valence electrons. The average molecular weight is 627 g/mol. The van der Waals surface area contributed by atoms with Crippen LogP contribution >= 0.6 is 24.4 Å². The molecule has 1 fully saturated rings. The molecule has 8 nitrogen and oxygen atoms in total. The summed E-state index contributed by atoms with van der Waals surface area (Å²) >= 11 is 10.7. The highest BCUT2D eigenvalue weighted by atomic mass is 32.2. The highest BCUT2D eigenvalue weighted by molar-refractivity contribution is 7.83. The summed E-state index contributed by atoms with van der Waals surface area (Å²) in [4.78, 5) is 5.09. The van der Waals surface area contributed by atoms with Crippen LogP contribution in [-0.4, -0.2) is 106 Å². The molecule has 0 aliphatic carbocycles. The molecule has 4 N–H and O–H groups in total. The van der Waals surface area contributed by atoms with Crippen LogP contribution in [0, 0.1) is 0 Å². The summed E-state index contributed by atoms with van der Waals surface area (Å²) in [5, 5.41) is 14.4. The van der Waals surface area contributed by atoms with Crippen LogP contribution in [0.5, 0.6) is 0 Å². The van der Waals surface area contributed by atoms with Gasteiger partial charge in [0, 0.05) is 97.3 Å². The summed E-state index contributed by atoms with van der Waals surface area (Å²) in [6.07, 6.45) is 8.73. The molecule has 0 atom stereocenters. The fourth-order valence-corrected chi connectivity index (χ4v) is 4.08. The van der Waals surface area contributed by atoms with Crippen LogP contribution in [0.1, 0.15) is 12.8 Å². The van der Waals surface area contributed by atoms with Gasteiger partial charge in [-0.25, -0.2) is 0 Å². The number of rotatable bonds is 10. The summed E-state index contributed by atoms with van der Waals surface area (Å²) in [6.45, 7) is 8.53. The fraction of sp³-hybridized carbons (Fsp3) is 0.500. The van der Waals surface area contributed by atoms with Crippen molar-refractivity contribution in [1.29, 1.82) is 0 Å². The topological polar surface area (TPSA) is 88.7 Å². The van der Waals surface area contributed by atoms with Gasteiger partial charge in [-0.05, 0) is 74.6 Å². The second kappa shape index (κ2) is 22.7. The summed E-state index contributed by atoms with van der Waals surface area (Å²) in [6, 6.07) is 20.0. The zero-order valence-electron chi connectivity index (χ0n) is 24.2. The molecule has 12 heteroatoms. The van der Waals surface area contributed by atoms with Gasteiger partial charge in [0.15, 0.2) is 10.2 Å². The predicted molar refractivity (Wildman–Crippen MR) is 183 cm³/mol. The van der Waals surface area contributed by atoms with E-state index in [0.717, 1.165) is 76.6 Å². The summed E-state index contributed by atoms with van der Waals surface area (Å²) in [5.74, 6) is 0. The Labute approximate surface area is 257 Å². The van der Waals surface area contributed by atoms with E-state index in [1.54, 1.807) is 25.0 Å². The third-order valence-electron chi connectivity index (χ3n) is 5.40. The lowest BCUT2D eigenvalue weighted by Gasteiger charge is -2.34. The molecular formula is C28H46N6O2S4. The van der Waals surface area contributed by atoms with E-state index in [1.807, 2.05) is 60.7 Å². The summed E-state index contributed by atoms with van der Waals surface area (Å²) < 4.78 is 19.1. The van der Waals surface area contributed by atoms with E-state index in [9.17, 15) is 8.42 Å². The number of piperazine rings is 1. The Balaban J connectivity index is 0.000000883. The summed E-state index contributed by atoms with van der Waals surface area (Å²) in [7, 11) is -1.22. The molecule has 1 saturated heterocycles. The van der Waals surface area contributed by atoms with Crippen molar-refractivity contribution in [1.82, 2.24) is 20.4 Å². The second-order valence-electron chi connectivity index (χ2n) is 9.37. The van der Waals surface area contributed by atoms with Crippen molar-refractivity contribution >= 4 is 67.6 Å². The molecular weight excluding hydrogens is 581 g/mol. The van der Waals surface area contributed by atoms with Crippen molar-refractivity contribution in [3.05, 3.63) is 60.7 Å². The van der Waals surface area contributed by atoms with E-state index in [-0.39, 0.29) is 0 Å². The molecule has 2 aromatic rings. The first-order valence-corrected chi connectivity index (χ1v) is 18.0. The minimum Gasteiger partial charge on any atom is -0.362 e. The molecule has 1 heterocycles. The van der Waals surface area contributed by atoms with E-state index < -0.39 is 21.6 Å². The maximum absolute atomic E-state index is 9.56. The minimum atomic E-state index is -0.611. The zero-order chi connectivity index (χ0) is 29.6. The van der Waals surface area contributed by atoms with E-state index >= 15 is 0 Å². The van der Waals surface area contributed by atoms with Gasteiger partial charge >= 0.3 is 0 Å². The van der Waals surface area contributed by atoms with Crippen molar-refractivity contribution in [3.8, 4) is 0 Å². The van der Waals surface area contributed by atoms with E-state index in [2.05, 4.69) is 31.1 Å². The van der Waals surface area contributed by atoms with Gasteiger partial charge in [0.05, 0.1) is 0 Å². The van der Waals surface area contributed by atoms with E-state index in [0.29, 0.717) is 10.2 Å². The molecule has 40 heavy (non-hydrogen) atoms. The molecule has 0 amide bonds. The quantitative estimate of drug-likeness (QED) is 0.233. The van der Waals surface area contributed by atoms with Crippen LogP contribution in [0.2, 0.25) is 0 Å². The normalized spacial score (nSPS) is 13.3. The Morgan fingerprint density at radius 1 is 0.650 bits per heavy atom. The fourth-order valence-electron chi connectivity index (χ4n) is 3.64. The van der Waals surface area contributed by atoms with Gasteiger partial charge in [0.1, 0.15) is 0 Å². The SMILES string of the molecule is CS(C)=O.CS(C)=O.S=C(NCCCN1CCN(CCCNC(=S)Nc2ccccc2)CC1)Nc1ccccc1. The number of thiocarbonyl (C=S) groups is 2. The first-order chi connectivity index (χ1) is 19.2. The Morgan fingerprint density at radius 3 is 1.25 bits per heavy atom. The van der Waals surface area contributed by atoms with Crippen LogP contribution in [0.25, 0.3) is 0 Å². The largest absolute Gasteiger partial charge is 0.362 e. The number of nitrogens with zero attached hydrogens (tertiary/aromatic N) is 2. The molecule has 3 rings (SSSR count). The second-order valence-corrected chi connectivity index (χ2v) is 13.2. The Morgan fingerprint density at radius 2 is 0.950 bits per heavy atom. The van der Waals surface area contributed by atoms with Crippen molar-refractivity contribution in [2.45, 2.75) is 12.8 Å². The zero-order valence-corrected chi connectivity index (χ0v) is 27.5. The van der Waals surface area contributed by atoms with Crippen molar-refractivity contribution in [2.24, 2.45) is 0 Å². The van der Waals surface area contributed by atoms with E-state index in [4.69, 9.17) is 24.4 Å². The number of hydrogen-bond donors (Lipinski definition) is 4. The van der Waals surface area contributed by atoms with Crippen LogP contribution in [0.3, 0.4) is 0 Å².